The van der Waals surface area contributed by atoms with Gasteiger partial charge in [-0.25, -0.2) is 4.79 Å². The highest BCUT2D eigenvalue weighted by Crippen LogP contribution is 2.26. The molecule has 0 aliphatic carbocycles. The number of benzene rings is 2. The Morgan fingerprint density at radius 1 is 1.11 bits per heavy atom. The highest BCUT2D eigenvalue weighted by Gasteiger charge is 2.30. The van der Waals surface area contributed by atoms with Gasteiger partial charge in [-0.2, -0.15) is 0 Å². The van der Waals surface area contributed by atoms with Gasteiger partial charge in [-0.3, -0.25) is 4.79 Å². The SMILES string of the molecule is CCOc1ccc(N2CC(CNC(=O)NCc3ccccc3)CC2=O)cc1. The smallest absolute Gasteiger partial charge is 0.315 e. The molecule has 142 valence electrons. The molecular weight excluding hydrogens is 342 g/mol. The molecule has 2 aromatic rings. The molecule has 1 fully saturated rings. The number of carbonyl (C=O) groups excluding carboxylic acids is 2. The Hall–Kier alpha value is -3.02. The number of anilines is 1. The minimum absolute atomic E-state index is 0.0793. The van der Waals surface area contributed by atoms with Gasteiger partial charge in [0.25, 0.3) is 0 Å². The Bertz CT molecular complexity index is 762. The first-order chi connectivity index (χ1) is 13.2. The summed E-state index contributed by atoms with van der Waals surface area (Å²) in [6, 6.07) is 17.1. The predicted molar refractivity (Wildman–Crippen MR) is 105 cm³/mol. The summed E-state index contributed by atoms with van der Waals surface area (Å²) in [5, 5.41) is 5.70. The molecule has 3 rings (SSSR count). The third-order valence-corrected chi connectivity index (χ3v) is 4.51. The van der Waals surface area contributed by atoms with Crippen molar-refractivity contribution >= 4 is 17.6 Å². The molecule has 6 heteroatoms. The lowest BCUT2D eigenvalue weighted by Gasteiger charge is -2.17. The Kier molecular flexibility index (Phi) is 6.30. The van der Waals surface area contributed by atoms with Gasteiger partial charge in [0.05, 0.1) is 6.61 Å². The zero-order valence-electron chi connectivity index (χ0n) is 15.5. The number of rotatable bonds is 7. The maximum absolute atomic E-state index is 12.3. The second-order valence-corrected chi connectivity index (χ2v) is 6.55. The van der Waals surface area contributed by atoms with Crippen molar-refractivity contribution in [2.45, 2.75) is 19.9 Å². The molecule has 2 aromatic carbocycles. The lowest BCUT2D eigenvalue weighted by molar-refractivity contribution is -0.117. The summed E-state index contributed by atoms with van der Waals surface area (Å²) in [5.74, 6) is 0.975. The molecule has 1 saturated heterocycles. The van der Waals surface area contributed by atoms with Crippen LogP contribution in [-0.2, 0) is 11.3 Å². The van der Waals surface area contributed by atoms with Crippen LogP contribution in [0.5, 0.6) is 5.75 Å². The van der Waals surface area contributed by atoms with Crippen molar-refractivity contribution < 1.29 is 14.3 Å². The molecule has 1 atom stereocenters. The van der Waals surface area contributed by atoms with Crippen LogP contribution in [0, 0.1) is 5.92 Å². The number of amides is 3. The standard InChI is InChI=1S/C21H25N3O3/c1-2-27-19-10-8-18(9-11-19)24-15-17(12-20(24)25)14-23-21(26)22-13-16-6-4-3-5-7-16/h3-11,17H,2,12-15H2,1H3,(H2,22,23,26). The van der Waals surface area contributed by atoms with Crippen LogP contribution in [0.1, 0.15) is 18.9 Å². The predicted octanol–water partition coefficient (Wildman–Crippen LogP) is 2.94. The van der Waals surface area contributed by atoms with Gasteiger partial charge in [0.1, 0.15) is 5.75 Å². The minimum atomic E-state index is -0.217. The van der Waals surface area contributed by atoms with Crippen molar-refractivity contribution in [2.24, 2.45) is 5.92 Å². The third kappa shape index (κ3) is 5.23. The van der Waals surface area contributed by atoms with Gasteiger partial charge in [-0.15, -0.1) is 0 Å². The summed E-state index contributed by atoms with van der Waals surface area (Å²) in [6.45, 7) is 4.10. The van der Waals surface area contributed by atoms with Crippen molar-refractivity contribution in [1.29, 1.82) is 0 Å². The Labute approximate surface area is 159 Å². The fraction of sp³-hybridized carbons (Fsp3) is 0.333. The Morgan fingerprint density at radius 2 is 1.85 bits per heavy atom. The van der Waals surface area contributed by atoms with Crippen LogP contribution >= 0.6 is 0 Å². The highest BCUT2D eigenvalue weighted by atomic mass is 16.5. The monoisotopic (exact) mass is 367 g/mol. The van der Waals surface area contributed by atoms with Gasteiger partial charge in [-0.1, -0.05) is 30.3 Å². The first-order valence-electron chi connectivity index (χ1n) is 9.24. The summed E-state index contributed by atoms with van der Waals surface area (Å²) < 4.78 is 5.43. The second-order valence-electron chi connectivity index (χ2n) is 6.55. The first kappa shape index (κ1) is 18.8. The maximum Gasteiger partial charge on any atom is 0.315 e. The van der Waals surface area contributed by atoms with E-state index in [9.17, 15) is 9.59 Å². The van der Waals surface area contributed by atoms with Crippen molar-refractivity contribution in [2.75, 3.05) is 24.6 Å². The van der Waals surface area contributed by atoms with E-state index in [0.29, 0.717) is 32.7 Å². The molecule has 6 nitrogen and oxygen atoms in total. The van der Waals surface area contributed by atoms with E-state index >= 15 is 0 Å². The lowest BCUT2D eigenvalue weighted by Crippen LogP contribution is -2.38. The molecule has 0 spiro atoms. The fourth-order valence-electron chi connectivity index (χ4n) is 3.13. The Balaban J connectivity index is 1.45. The fourth-order valence-corrected chi connectivity index (χ4v) is 3.13. The molecule has 2 N–H and O–H groups in total. The molecule has 1 heterocycles. The van der Waals surface area contributed by atoms with E-state index < -0.39 is 0 Å². The number of hydrogen-bond donors (Lipinski definition) is 2. The van der Waals surface area contributed by atoms with Gasteiger partial charge < -0.3 is 20.3 Å². The molecule has 0 bridgehead atoms. The number of ether oxygens (including phenoxy) is 1. The molecule has 0 aromatic heterocycles. The topological polar surface area (TPSA) is 70.7 Å². The van der Waals surface area contributed by atoms with E-state index in [0.717, 1.165) is 17.0 Å². The van der Waals surface area contributed by atoms with E-state index in [-0.39, 0.29) is 17.9 Å². The Morgan fingerprint density at radius 3 is 2.56 bits per heavy atom. The van der Waals surface area contributed by atoms with Crippen LogP contribution in [0.4, 0.5) is 10.5 Å². The van der Waals surface area contributed by atoms with Crippen LogP contribution < -0.4 is 20.3 Å². The zero-order valence-corrected chi connectivity index (χ0v) is 15.5. The molecule has 0 radical (unpaired) electrons. The molecule has 1 aliphatic rings. The van der Waals surface area contributed by atoms with Crippen LogP contribution in [-0.4, -0.2) is 31.6 Å². The van der Waals surface area contributed by atoms with E-state index in [1.54, 1.807) is 4.90 Å². The number of nitrogens with zero attached hydrogens (tertiary/aromatic N) is 1. The van der Waals surface area contributed by atoms with E-state index in [2.05, 4.69) is 10.6 Å². The van der Waals surface area contributed by atoms with Gasteiger partial charge in [0, 0.05) is 37.7 Å². The molecule has 27 heavy (non-hydrogen) atoms. The van der Waals surface area contributed by atoms with E-state index in [1.165, 1.54) is 0 Å². The number of urea groups is 1. The average Bonchev–Trinajstić information content (AvgIpc) is 3.07. The molecular formula is C21H25N3O3. The normalized spacial score (nSPS) is 16.3. The molecule has 1 unspecified atom stereocenters. The summed E-state index contributed by atoms with van der Waals surface area (Å²) >= 11 is 0. The van der Waals surface area contributed by atoms with Gasteiger partial charge >= 0.3 is 6.03 Å². The van der Waals surface area contributed by atoms with Crippen molar-refractivity contribution in [1.82, 2.24) is 10.6 Å². The number of hydrogen-bond acceptors (Lipinski definition) is 3. The maximum atomic E-state index is 12.3. The third-order valence-electron chi connectivity index (χ3n) is 4.51. The van der Waals surface area contributed by atoms with Crippen molar-refractivity contribution in [3.8, 4) is 5.75 Å². The first-order valence-corrected chi connectivity index (χ1v) is 9.24. The van der Waals surface area contributed by atoms with Crippen LogP contribution in [0.2, 0.25) is 0 Å². The van der Waals surface area contributed by atoms with Gasteiger partial charge in [0.15, 0.2) is 0 Å². The number of nitrogens with one attached hydrogen (secondary N) is 2. The largest absolute Gasteiger partial charge is 0.494 e. The summed E-state index contributed by atoms with van der Waals surface area (Å²) in [7, 11) is 0. The molecule has 0 saturated carbocycles. The molecule has 3 amide bonds. The quantitative estimate of drug-likeness (QED) is 0.790. The zero-order chi connectivity index (χ0) is 19.1. The van der Waals surface area contributed by atoms with E-state index in [1.807, 2.05) is 61.5 Å². The van der Waals surface area contributed by atoms with Gasteiger partial charge in [0.2, 0.25) is 5.91 Å². The second kappa shape index (κ2) is 9.07. The van der Waals surface area contributed by atoms with Crippen LogP contribution in [0.3, 0.4) is 0 Å². The average molecular weight is 367 g/mol. The summed E-state index contributed by atoms with van der Waals surface area (Å²) in [4.78, 5) is 26.1. The highest BCUT2D eigenvalue weighted by molar-refractivity contribution is 5.95. The number of carbonyl (C=O) groups is 2. The minimum Gasteiger partial charge on any atom is -0.494 e. The van der Waals surface area contributed by atoms with E-state index in [4.69, 9.17) is 4.74 Å². The summed E-state index contributed by atoms with van der Waals surface area (Å²) in [6.07, 6.45) is 0.437. The van der Waals surface area contributed by atoms with Crippen molar-refractivity contribution in [3.63, 3.8) is 0 Å². The molecule has 1 aliphatic heterocycles. The van der Waals surface area contributed by atoms with Crippen LogP contribution in [0.15, 0.2) is 54.6 Å². The summed E-state index contributed by atoms with van der Waals surface area (Å²) in [5.41, 5.74) is 1.91. The lowest BCUT2D eigenvalue weighted by atomic mass is 10.1. The van der Waals surface area contributed by atoms with Crippen molar-refractivity contribution in [3.05, 3.63) is 60.2 Å². The van der Waals surface area contributed by atoms with Crippen LogP contribution in [0.25, 0.3) is 0 Å². The van der Waals surface area contributed by atoms with Gasteiger partial charge in [-0.05, 0) is 36.8 Å².